The number of amides is 1. The van der Waals surface area contributed by atoms with Crippen LogP contribution in [-0.2, 0) is 13.1 Å². The van der Waals surface area contributed by atoms with Gasteiger partial charge in [0.15, 0.2) is 0 Å². The number of alkyl halides is 3. The van der Waals surface area contributed by atoms with Gasteiger partial charge in [-0.05, 0) is 25.1 Å². The molecule has 0 atom stereocenters. The molecule has 27 heavy (non-hydrogen) atoms. The lowest BCUT2D eigenvalue weighted by Gasteiger charge is -2.07. The summed E-state index contributed by atoms with van der Waals surface area (Å²) in [6.45, 7) is 0.585. The molecule has 2 N–H and O–H groups in total. The van der Waals surface area contributed by atoms with Gasteiger partial charge in [0.25, 0.3) is 11.5 Å². The third-order valence-electron chi connectivity index (χ3n) is 3.79. The topological polar surface area (TPSA) is 102 Å². The molecule has 0 bridgehead atoms. The Kier molecular flexibility index (Phi) is 4.60. The number of carbonyl (C=O) groups excluding carboxylic acids is 1. The highest BCUT2D eigenvalue weighted by atomic mass is 19.4. The Labute approximate surface area is 149 Å². The highest BCUT2D eigenvalue weighted by Gasteiger charge is 2.28. The molecule has 1 aromatic carbocycles. The van der Waals surface area contributed by atoms with Gasteiger partial charge in [-0.3, -0.25) is 18.8 Å². The van der Waals surface area contributed by atoms with Gasteiger partial charge in [-0.15, -0.1) is 0 Å². The van der Waals surface area contributed by atoms with Crippen LogP contribution in [0.25, 0.3) is 10.9 Å². The summed E-state index contributed by atoms with van der Waals surface area (Å²) < 4.78 is 38.7. The Balaban J connectivity index is 1.86. The van der Waals surface area contributed by atoms with Crippen LogP contribution in [0.15, 0.2) is 40.2 Å². The quantitative estimate of drug-likeness (QED) is 0.718. The maximum atomic E-state index is 12.3. The van der Waals surface area contributed by atoms with Gasteiger partial charge in [-0.2, -0.15) is 18.3 Å². The van der Waals surface area contributed by atoms with Crippen LogP contribution in [0.5, 0.6) is 0 Å². The highest BCUT2D eigenvalue weighted by Crippen LogP contribution is 2.18. The number of benzene rings is 1. The first-order valence-electron chi connectivity index (χ1n) is 7.85. The molecule has 0 spiro atoms. The number of carbonyl (C=O) groups is 1. The molecule has 0 aliphatic carbocycles. The van der Waals surface area contributed by atoms with Crippen LogP contribution >= 0.6 is 0 Å². The van der Waals surface area contributed by atoms with Gasteiger partial charge in [0.2, 0.25) is 0 Å². The van der Waals surface area contributed by atoms with Crippen LogP contribution in [0.2, 0.25) is 0 Å². The standard InChI is InChI=1S/C16H14F3N5O3/c1-2-24-14(26)11-4-3-9(5-12(11)22-15(24)27)13(25)21-10-6-20-23(7-10)8-16(17,18)19/h3-7H,2,8H2,1H3,(H,21,25)(H,22,27). The van der Waals surface area contributed by atoms with Crippen molar-refractivity contribution in [3.05, 3.63) is 57.0 Å². The minimum absolute atomic E-state index is 0.0826. The summed E-state index contributed by atoms with van der Waals surface area (Å²) in [4.78, 5) is 38.9. The first-order valence-corrected chi connectivity index (χ1v) is 7.85. The van der Waals surface area contributed by atoms with Crippen molar-refractivity contribution in [2.24, 2.45) is 0 Å². The molecule has 0 aliphatic heterocycles. The zero-order valence-electron chi connectivity index (χ0n) is 14.0. The summed E-state index contributed by atoms with van der Waals surface area (Å²) in [5.41, 5.74) is -0.678. The van der Waals surface area contributed by atoms with E-state index < -0.39 is 29.9 Å². The van der Waals surface area contributed by atoms with Gasteiger partial charge < -0.3 is 10.3 Å². The monoisotopic (exact) mass is 381 g/mol. The first kappa shape index (κ1) is 18.4. The van der Waals surface area contributed by atoms with Crippen molar-refractivity contribution in [1.29, 1.82) is 0 Å². The fraction of sp³-hybridized carbons (Fsp3) is 0.250. The molecular weight excluding hydrogens is 367 g/mol. The average Bonchev–Trinajstić information content (AvgIpc) is 2.99. The van der Waals surface area contributed by atoms with E-state index >= 15 is 0 Å². The summed E-state index contributed by atoms with van der Waals surface area (Å²) in [7, 11) is 0. The molecule has 3 rings (SSSR count). The number of halogens is 3. The number of H-pyrrole nitrogens is 1. The van der Waals surface area contributed by atoms with Gasteiger partial charge in [-0.25, -0.2) is 4.79 Å². The molecule has 3 aromatic rings. The molecule has 142 valence electrons. The molecule has 11 heteroatoms. The van der Waals surface area contributed by atoms with Crippen molar-refractivity contribution in [3.8, 4) is 0 Å². The van der Waals surface area contributed by atoms with E-state index in [-0.39, 0.29) is 28.7 Å². The van der Waals surface area contributed by atoms with E-state index in [1.807, 2.05) is 0 Å². The van der Waals surface area contributed by atoms with Gasteiger partial charge >= 0.3 is 11.9 Å². The third kappa shape index (κ3) is 3.91. The van der Waals surface area contributed by atoms with Crippen LogP contribution in [0.3, 0.4) is 0 Å². The number of hydrogen-bond acceptors (Lipinski definition) is 4. The van der Waals surface area contributed by atoms with Crippen molar-refractivity contribution in [3.63, 3.8) is 0 Å². The number of nitrogens with zero attached hydrogens (tertiary/aromatic N) is 3. The third-order valence-corrected chi connectivity index (χ3v) is 3.79. The van der Waals surface area contributed by atoms with Crippen LogP contribution in [0.4, 0.5) is 18.9 Å². The van der Waals surface area contributed by atoms with E-state index in [0.29, 0.717) is 4.68 Å². The Morgan fingerprint density at radius 1 is 1.30 bits per heavy atom. The van der Waals surface area contributed by atoms with Gasteiger partial charge in [0.1, 0.15) is 6.54 Å². The largest absolute Gasteiger partial charge is 0.408 e. The molecule has 0 fully saturated rings. The van der Waals surface area contributed by atoms with Crippen LogP contribution in [-0.4, -0.2) is 31.4 Å². The summed E-state index contributed by atoms with van der Waals surface area (Å²) in [5.74, 6) is -0.621. The van der Waals surface area contributed by atoms with E-state index in [1.54, 1.807) is 6.92 Å². The molecule has 0 saturated carbocycles. The van der Waals surface area contributed by atoms with E-state index in [1.165, 1.54) is 18.2 Å². The second-order valence-corrected chi connectivity index (χ2v) is 5.74. The number of nitrogens with one attached hydrogen (secondary N) is 2. The molecule has 2 aromatic heterocycles. The van der Waals surface area contributed by atoms with Crippen LogP contribution in [0.1, 0.15) is 17.3 Å². The van der Waals surface area contributed by atoms with E-state index in [0.717, 1.165) is 17.0 Å². The van der Waals surface area contributed by atoms with Crippen molar-refractivity contribution in [2.75, 3.05) is 5.32 Å². The molecule has 1 amide bonds. The summed E-state index contributed by atoms with van der Waals surface area (Å²) in [5, 5.41) is 6.19. The fourth-order valence-electron chi connectivity index (χ4n) is 2.58. The zero-order chi connectivity index (χ0) is 19.8. The normalized spacial score (nSPS) is 11.7. The minimum atomic E-state index is -4.43. The van der Waals surface area contributed by atoms with Crippen molar-refractivity contribution in [1.82, 2.24) is 19.3 Å². The fourth-order valence-corrected chi connectivity index (χ4v) is 2.58. The van der Waals surface area contributed by atoms with Crippen molar-refractivity contribution in [2.45, 2.75) is 26.2 Å². The summed E-state index contributed by atoms with van der Waals surface area (Å²) >= 11 is 0. The molecule has 0 unspecified atom stereocenters. The minimum Gasteiger partial charge on any atom is -0.319 e. The number of rotatable bonds is 4. The lowest BCUT2D eigenvalue weighted by molar-refractivity contribution is -0.142. The van der Waals surface area contributed by atoms with Crippen LogP contribution < -0.4 is 16.6 Å². The number of fused-ring (bicyclic) bond motifs is 1. The summed E-state index contributed by atoms with van der Waals surface area (Å²) in [6.07, 6.45) is -2.29. The van der Waals surface area contributed by atoms with E-state index in [9.17, 15) is 27.6 Å². The van der Waals surface area contributed by atoms with Gasteiger partial charge in [0, 0.05) is 18.3 Å². The predicted molar refractivity (Wildman–Crippen MR) is 90.7 cm³/mol. The Bertz CT molecular complexity index is 1130. The van der Waals surface area contributed by atoms with Crippen LogP contribution in [0, 0.1) is 0 Å². The van der Waals surface area contributed by atoms with E-state index in [2.05, 4.69) is 15.4 Å². The Morgan fingerprint density at radius 3 is 2.70 bits per heavy atom. The van der Waals surface area contributed by atoms with Crippen molar-refractivity contribution >= 4 is 22.5 Å². The molecule has 8 nitrogen and oxygen atoms in total. The smallest absolute Gasteiger partial charge is 0.319 e. The predicted octanol–water partition coefficient (Wildman–Crippen LogP) is 1.72. The lowest BCUT2D eigenvalue weighted by atomic mass is 10.1. The number of aromatic amines is 1. The molecule has 0 radical (unpaired) electrons. The first-order chi connectivity index (χ1) is 12.7. The zero-order valence-corrected chi connectivity index (χ0v) is 14.0. The second-order valence-electron chi connectivity index (χ2n) is 5.74. The van der Waals surface area contributed by atoms with Crippen molar-refractivity contribution < 1.29 is 18.0 Å². The SMILES string of the molecule is CCn1c(=O)[nH]c2cc(C(=O)Nc3cnn(CC(F)(F)F)c3)ccc2c1=O. The molecule has 2 heterocycles. The number of anilines is 1. The maximum absolute atomic E-state index is 12.3. The molecule has 0 saturated heterocycles. The Morgan fingerprint density at radius 2 is 2.04 bits per heavy atom. The number of hydrogen-bond donors (Lipinski definition) is 2. The number of aromatic nitrogens is 4. The van der Waals surface area contributed by atoms with Gasteiger partial charge in [0.05, 0.1) is 22.8 Å². The molecular formula is C16H14F3N5O3. The molecule has 0 aliphatic rings. The highest BCUT2D eigenvalue weighted by molar-refractivity contribution is 6.05. The van der Waals surface area contributed by atoms with E-state index in [4.69, 9.17) is 0 Å². The van der Waals surface area contributed by atoms with Gasteiger partial charge in [-0.1, -0.05) is 0 Å². The lowest BCUT2D eigenvalue weighted by Crippen LogP contribution is -2.34. The summed E-state index contributed by atoms with van der Waals surface area (Å²) in [6, 6.07) is 4.12. The Hall–Kier alpha value is -3.37. The maximum Gasteiger partial charge on any atom is 0.408 e. The average molecular weight is 381 g/mol. The second kappa shape index (κ2) is 6.74.